The molecule has 0 unspecified atom stereocenters. The standard InChI is InChI=1S/C16H18BrFN2O2.C10H12O2.C6H4BrFN2O2.CH4O/c17-13-6-15(19)14(18)7-16(13)20-8-12(21)10-22-9-11-4-2-1-3-5-11;1-2-4-9(5-3-1)6-11-7-10-8-12-10;7-3-1-6(10(11)12)4(8)2-5(3)9;1-2/h1-8,12,20-21H,9-10H2,19H3;1-5,10H,6-8H2;1-2H,9H2;2H,1H3/t12-;10-;;/m10../s1. The number of ether oxygens (including phenoxy) is 3. The Hall–Kier alpha value is -3.67. The van der Waals surface area contributed by atoms with Crippen LogP contribution in [0.5, 0.6) is 0 Å². The average Bonchev–Trinajstić information content (AvgIpc) is 3.91. The largest absolute Gasteiger partial charge is 0.400 e. The van der Waals surface area contributed by atoms with E-state index in [-0.39, 0.29) is 12.3 Å². The number of benzene rings is 4. The third-order valence-electron chi connectivity index (χ3n) is 6.05. The summed E-state index contributed by atoms with van der Waals surface area (Å²) in [7, 11) is 1.00. The molecule has 0 bridgehead atoms. The first-order valence-corrected chi connectivity index (χ1v) is 15.9. The monoisotopic (exact) mass is 798 g/mol. The molecule has 1 saturated heterocycles. The second-order valence-corrected chi connectivity index (χ2v) is 11.5. The van der Waals surface area contributed by atoms with Gasteiger partial charge in [-0.05, 0) is 32.4 Å². The number of hydrogen-bond acceptors (Lipinski definition) is 8. The first-order valence-electron chi connectivity index (χ1n) is 14.3. The minimum Gasteiger partial charge on any atom is -0.400 e. The number of nitrogen functional groups attached to an aromatic ring is 1. The van der Waals surface area contributed by atoms with Crippen molar-refractivity contribution in [2.24, 2.45) is 0 Å². The highest BCUT2D eigenvalue weighted by molar-refractivity contribution is 9.10. The van der Waals surface area contributed by atoms with Crippen LogP contribution in [0, 0.1) is 28.3 Å². The Morgan fingerprint density at radius 3 is 2.17 bits per heavy atom. The number of halogens is 4. The summed E-state index contributed by atoms with van der Waals surface area (Å²) in [6.07, 6.45) is -0.438. The highest BCUT2D eigenvalue weighted by atomic mass is 79.9. The van der Waals surface area contributed by atoms with Crippen molar-refractivity contribution < 1.29 is 48.9 Å². The molecule has 48 heavy (non-hydrogen) atoms. The van der Waals surface area contributed by atoms with Gasteiger partial charge in [0.25, 0.3) is 0 Å². The minimum atomic E-state index is -0.930. The van der Waals surface area contributed by atoms with Gasteiger partial charge in [-0.15, -0.1) is 32.5 Å². The fourth-order valence-electron chi connectivity index (χ4n) is 3.54. The zero-order chi connectivity index (χ0) is 35.5. The van der Waals surface area contributed by atoms with E-state index in [0.717, 1.165) is 38.0 Å². The molecule has 1 heterocycles. The number of anilines is 1. The number of aliphatic hydroxyl groups excluding tert-OH is 2. The van der Waals surface area contributed by atoms with Crippen LogP contribution in [0.3, 0.4) is 0 Å². The molecule has 0 radical (unpaired) electrons. The molecular formula is C33H38Br2F2N4O7. The minimum absolute atomic E-state index is 0.137. The van der Waals surface area contributed by atoms with Gasteiger partial charge in [-0.2, -0.15) is 4.39 Å². The summed E-state index contributed by atoms with van der Waals surface area (Å²) >= 11 is 6.26. The summed E-state index contributed by atoms with van der Waals surface area (Å²) in [5.41, 5.74) is 11.0. The molecular weight excluding hydrogens is 762 g/mol. The van der Waals surface area contributed by atoms with Gasteiger partial charge in [-0.1, -0.05) is 60.7 Å². The van der Waals surface area contributed by atoms with Crippen molar-refractivity contribution in [3.05, 3.63) is 139 Å². The van der Waals surface area contributed by atoms with E-state index in [1.165, 1.54) is 18.2 Å². The quantitative estimate of drug-likeness (QED) is 0.0504. The van der Waals surface area contributed by atoms with Crippen LogP contribution in [0.2, 0.25) is 0 Å². The van der Waals surface area contributed by atoms with Gasteiger partial charge in [0.15, 0.2) is 0 Å². The molecule has 2 atom stereocenters. The Bertz CT molecular complexity index is 1610. The van der Waals surface area contributed by atoms with Crippen molar-refractivity contribution in [2.45, 2.75) is 25.4 Å². The second kappa shape index (κ2) is 22.1. The van der Waals surface area contributed by atoms with Crippen LogP contribution >= 0.6 is 31.9 Å². The fraction of sp³-hybridized carbons (Fsp3) is 0.242. The van der Waals surface area contributed by atoms with Gasteiger partial charge in [0.05, 0.1) is 55.6 Å². The van der Waals surface area contributed by atoms with Crippen molar-refractivity contribution in [1.29, 1.82) is 0 Å². The number of nitro groups is 1. The maximum atomic E-state index is 13.4. The molecule has 0 saturated carbocycles. The lowest BCUT2D eigenvalue weighted by Crippen LogP contribution is -2.75. The summed E-state index contributed by atoms with van der Waals surface area (Å²) in [6, 6.07) is 24.7. The SMILES string of the molecule is CO.Nc1cc(F)c([N+](=O)[O-])cc1Br.[NH3+][c-]1cc(Br)c(=[NH+][CH-][C@@H](O)COCc2ccccc2)cc1F.c1ccc(COC[C@H]2CO2)cc1. The van der Waals surface area contributed by atoms with E-state index in [4.69, 9.17) is 25.1 Å². The number of epoxide rings is 1. The Morgan fingerprint density at radius 1 is 1.06 bits per heavy atom. The lowest BCUT2D eigenvalue weighted by molar-refractivity contribution is -0.467. The topological polar surface area (TPSA) is 182 Å². The maximum absolute atomic E-state index is 13.4. The van der Waals surface area contributed by atoms with E-state index in [0.29, 0.717) is 39.3 Å². The summed E-state index contributed by atoms with van der Waals surface area (Å²) in [4.78, 5) is 12.2. The van der Waals surface area contributed by atoms with Crippen LogP contribution in [0.25, 0.3) is 0 Å². The van der Waals surface area contributed by atoms with E-state index < -0.39 is 28.3 Å². The Balaban J connectivity index is 0.000000261. The van der Waals surface area contributed by atoms with Gasteiger partial charge in [-0.25, -0.2) is 4.39 Å². The molecule has 5 rings (SSSR count). The Morgan fingerprint density at radius 2 is 1.62 bits per heavy atom. The van der Waals surface area contributed by atoms with Crippen molar-refractivity contribution in [2.75, 3.05) is 32.7 Å². The molecule has 1 aliphatic rings. The van der Waals surface area contributed by atoms with Gasteiger partial charge in [-0.3, -0.25) is 10.1 Å². The lowest BCUT2D eigenvalue weighted by Gasteiger charge is -2.12. The third kappa shape index (κ3) is 15.5. The second-order valence-electron chi connectivity index (χ2n) is 9.84. The summed E-state index contributed by atoms with van der Waals surface area (Å²) in [5, 5.41) is 27.5. The Kier molecular flexibility index (Phi) is 18.6. The molecule has 0 aromatic heterocycles. The molecule has 1 aliphatic heterocycles. The van der Waals surface area contributed by atoms with Gasteiger partial charge in [0, 0.05) is 35.9 Å². The number of nitrogens with zero attached hydrogens (tertiary/aromatic N) is 1. The molecule has 4 aromatic carbocycles. The van der Waals surface area contributed by atoms with Crippen molar-refractivity contribution >= 4 is 48.9 Å². The predicted octanol–water partition coefficient (Wildman–Crippen LogP) is 3.19. The first-order chi connectivity index (χ1) is 23.0. The summed E-state index contributed by atoms with van der Waals surface area (Å²) in [6.45, 7) is 4.33. The zero-order valence-corrected chi connectivity index (χ0v) is 29.2. The molecule has 8 N–H and O–H groups in total. The van der Waals surface area contributed by atoms with Gasteiger partial charge in [0.1, 0.15) is 6.10 Å². The van der Waals surface area contributed by atoms with Crippen molar-refractivity contribution in [3.63, 3.8) is 0 Å². The van der Waals surface area contributed by atoms with E-state index in [1.807, 2.05) is 48.5 Å². The van der Waals surface area contributed by atoms with Crippen LogP contribution in [0.15, 0.2) is 93.9 Å². The number of nitrogens with two attached hydrogens (primary N) is 1. The molecule has 15 heteroatoms. The zero-order valence-electron chi connectivity index (χ0n) is 26.0. The smallest absolute Gasteiger partial charge is 0.306 e. The molecule has 260 valence electrons. The normalized spacial score (nSPS) is 13.8. The highest BCUT2D eigenvalue weighted by Gasteiger charge is 2.22. The van der Waals surface area contributed by atoms with Gasteiger partial charge >= 0.3 is 5.69 Å². The number of nitrogens with one attached hydrogen (secondary N) is 1. The summed E-state index contributed by atoms with van der Waals surface area (Å²) < 4.78 is 43.0. The molecule has 1 fully saturated rings. The van der Waals surface area contributed by atoms with Gasteiger partial charge < -0.3 is 40.9 Å². The average molecular weight is 800 g/mol. The number of aliphatic hydroxyl groups is 2. The predicted molar refractivity (Wildman–Crippen MR) is 182 cm³/mol. The van der Waals surface area contributed by atoms with Crippen LogP contribution in [0.4, 0.5) is 25.8 Å². The van der Waals surface area contributed by atoms with E-state index in [2.05, 4.69) is 54.7 Å². The van der Waals surface area contributed by atoms with Crippen LogP contribution < -0.4 is 21.8 Å². The molecule has 11 nitrogen and oxygen atoms in total. The van der Waals surface area contributed by atoms with Crippen molar-refractivity contribution in [3.8, 4) is 0 Å². The number of nitro benzene ring substituents is 1. The van der Waals surface area contributed by atoms with E-state index >= 15 is 0 Å². The molecule has 0 aliphatic carbocycles. The fourth-order valence-corrected chi connectivity index (χ4v) is 4.38. The number of rotatable bonds is 11. The van der Waals surface area contributed by atoms with Crippen molar-refractivity contribution in [1.82, 2.24) is 0 Å². The van der Waals surface area contributed by atoms with E-state index in [1.54, 1.807) is 6.07 Å². The van der Waals surface area contributed by atoms with Crippen LogP contribution in [-0.4, -0.2) is 54.3 Å². The molecule has 0 amide bonds. The molecule has 4 aromatic rings. The third-order valence-corrected chi connectivity index (χ3v) is 7.39. The van der Waals surface area contributed by atoms with Crippen LogP contribution in [-0.2, 0) is 27.4 Å². The van der Waals surface area contributed by atoms with E-state index in [9.17, 15) is 24.0 Å². The number of quaternary nitrogens is 1. The Labute approximate surface area is 293 Å². The molecule has 0 spiro atoms. The lowest BCUT2D eigenvalue weighted by atomic mass is 10.2. The highest BCUT2D eigenvalue weighted by Crippen LogP contribution is 2.27. The van der Waals surface area contributed by atoms with Crippen LogP contribution in [0.1, 0.15) is 11.1 Å². The number of hydrogen-bond donors (Lipinski definition) is 5. The van der Waals surface area contributed by atoms with Gasteiger partial charge in [0.2, 0.25) is 5.82 Å². The maximum Gasteiger partial charge on any atom is 0.306 e. The first kappa shape index (κ1) is 40.5. The summed E-state index contributed by atoms with van der Waals surface area (Å²) in [5.74, 6) is -1.34.